The van der Waals surface area contributed by atoms with Crippen LogP contribution in [0, 0.1) is 12.7 Å². The van der Waals surface area contributed by atoms with Gasteiger partial charge in [-0.25, -0.2) is 9.38 Å². The number of amides is 1. The Morgan fingerprint density at radius 3 is 2.43 bits per heavy atom. The van der Waals surface area contributed by atoms with Crippen LogP contribution in [-0.2, 0) is 10.5 Å². The molecule has 0 fully saturated rings. The van der Waals surface area contributed by atoms with E-state index in [9.17, 15) is 9.18 Å². The quantitative estimate of drug-likeness (QED) is 0.439. The van der Waals surface area contributed by atoms with Gasteiger partial charge in [-0.3, -0.25) is 9.69 Å². The van der Waals surface area contributed by atoms with Gasteiger partial charge in [0, 0.05) is 10.8 Å². The Labute approximate surface area is 183 Å². The molecule has 4 rings (SSSR count). The van der Waals surface area contributed by atoms with Gasteiger partial charge in [0.1, 0.15) is 11.5 Å². The van der Waals surface area contributed by atoms with Crippen molar-refractivity contribution < 1.29 is 9.18 Å². The molecule has 0 bridgehead atoms. The molecule has 0 saturated heterocycles. The van der Waals surface area contributed by atoms with Crippen LogP contribution in [0.25, 0.3) is 6.08 Å². The van der Waals surface area contributed by atoms with Crippen LogP contribution < -0.4 is 4.90 Å². The molecule has 3 aromatic rings. The highest BCUT2D eigenvalue weighted by molar-refractivity contribution is 8.13. The summed E-state index contributed by atoms with van der Waals surface area (Å²) in [6.45, 7) is 1.96. The van der Waals surface area contributed by atoms with Crippen LogP contribution in [0.1, 0.15) is 16.7 Å². The van der Waals surface area contributed by atoms with E-state index in [1.807, 2.05) is 55.5 Å². The maximum atomic E-state index is 13.2. The summed E-state index contributed by atoms with van der Waals surface area (Å²) in [6, 6.07) is 21.3. The summed E-state index contributed by atoms with van der Waals surface area (Å²) in [6.07, 6.45) is 1.68. The largest absolute Gasteiger partial charge is 0.283 e. The predicted molar refractivity (Wildman–Crippen MR) is 123 cm³/mol. The highest BCUT2D eigenvalue weighted by Crippen LogP contribution is 2.32. The lowest BCUT2D eigenvalue weighted by molar-refractivity contribution is -0.113. The first-order valence-corrected chi connectivity index (χ1v) is 10.7. The van der Waals surface area contributed by atoms with Crippen molar-refractivity contribution in [2.45, 2.75) is 12.7 Å². The first-order valence-electron chi connectivity index (χ1n) is 9.34. The number of halogens is 2. The molecule has 1 amide bonds. The zero-order valence-electron chi connectivity index (χ0n) is 16.2. The van der Waals surface area contributed by atoms with Crippen LogP contribution >= 0.6 is 23.4 Å². The summed E-state index contributed by atoms with van der Waals surface area (Å²) in [7, 11) is 0. The molecule has 1 heterocycles. The molecular weight excluding hydrogens is 419 g/mol. The third kappa shape index (κ3) is 4.48. The number of aliphatic imine (C=N–C) groups is 1. The van der Waals surface area contributed by atoms with E-state index in [0.717, 1.165) is 22.4 Å². The van der Waals surface area contributed by atoms with Gasteiger partial charge in [-0.2, -0.15) is 0 Å². The van der Waals surface area contributed by atoms with Crippen LogP contribution in [0.3, 0.4) is 0 Å². The van der Waals surface area contributed by atoms with Gasteiger partial charge in [-0.1, -0.05) is 65.8 Å². The fourth-order valence-electron chi connectivity index (χ4n) is 3.07. The van der Waals surface area contributed by atoms with E-state index in [0.29, 0.717) is 21.6 Å². The van der Waals surface area contributed by atoms with Crippen LogP contribution in [0.15, 0.2) is 83.5 Å². The van der Waals surface area contributed by atoms with E-state index >= 15 is 0 Å². The molecule has 150 valence electrons. The van der Waals surface area contributed by atoms with Crippen molar-refractivity contribution in [1.82, 2.24) is 0 Å². The maximum Gasteiger partial charge on any atom is 0.283 e. The van der Waals surface area contributed by atoms with Crippen molar-refractivity contribution in [2.24, 2.45) is 4.99 Å². The third-order valence-corrected chi connectivity index (χ3v) is 5.90. The predicted octanol–water partition coefficient (Wildman–Crippen LogP) is 6.46. The van der Waals surface area contributed by atoms with E-state index in [1.165, 1.54) is 23.9 Å². The second kappa shape index (κ2) is 8.86. The minimum atomic E-state index is -0.320. The topological polar surface area (TPSA) is 32.7 Å². The number of thioether (sulfide) groups is 1. The molecular formula is C24H18ClFN2OS. The Bertz CT molecular complexity index is 1140. The Morgan fingerprint density at radius 1 is 1.03 bits per heavy atom. The molecule has 0 unspecified atom stereocenters. The summed E-state index contributed by atoms with van der Waals surface area (Å²) >= 11 is 7.46. The van der Waals surface area contributed by atoms with Crippen LogP contribution in [0.5, 0.6) is 0 Å². The molecule has 0 aliphatic carbocycles. The molecule has 3 aromatic carbocycles. The average molecular weight is 437 g/mol. The SMILES string of the molecule is Cc1ccccc1N1C(=O)C(=Cc2ccc(F)cc2)N=C1SCc1ccc(Cl)cc1. The number of nitrogens with zero attached hydrogens (tertiary/aromatic N) is 2. The summed E-state index contributed by atoms with van der Waals surface area (Å²) in [5.74, 6) is 0.126. The van der Waals surface area contributed by atoms with Gasteiger partial charge in [0.05, 0.1) is 5.69 Å². The van der Waals surface area contributed by atoms with E-state index in [-0.39, 0.29) is 11.7 Å². The van der Waals surface area contributed by atoms with Gasteiger partial charge in [-0.15, -0.1) is 0 Å². The molecule has 0 atom stereocenters. The lowest BCUT2D eigenvalue weighted by atomic mass is 10.1. The molecule has 1 aliphatic heterocycles. The number of anilines is 1. The minimum Gasteiger partial charge on any atom is -0.266 e. The summed E-state index contributed by atoms with van der Waals surface area (Å²) < 4.78 is 13.2. The Morgan fingerprint density at radius 2 is 1.73 bits per heavy atom. The molecule has 6 heteroatoms. The van der Waals surface area contributed by atoms with Crippen molar-refractivity contribution in [3.63, 3.8) is 0 Å². The highest BCUT2D eigenvalue weighted by atomic mass is 35.5. The molecule has 0 spiro atoms. The van der Waals surface area contributed by atoms with Crippen LogP contribution in [0.4, 0.5) is 10.1 Å². The monoisotopic (exact) mass is 436 g/mol. The van der Waals surface area contributed by atoms with E-state index < -0.39 is 0 Å². The molecule has 0 aromatic heterocycles. The first kappa shape index (κ1) is 20.4. The molecule has 0 N–H and O–H groups in total. The highest BCUT2D eigenvalue weighted by Gasteiger charge is 2.32. The van der Waals surface area contributed by atoms with Gasteiger partial charge in [0.15, 0.2) is 5.17 Å². The smallest absolute Gasteiger partial charge is 0.266 e. The average Bonchev–Trinajstić information content (AvgIpc) is 3.05. The second-order valence-corrected chi connectivity index (χ2v) is 8.20. The summed E-state index contributed by atoms with van der Waals surface area (Å²) in [5.41, 5.74) is 3.90. The maximum absolute atomic E-state index is 13.2. The van der Waals surface area contributed by atoms with Gasteiger partial charge in [0.25, 0.3) is 5.91 Å². The molecule has 0 radical (unpaired) electrons. The Kier molecular flexibility index (Phi) is 6.02. The Hall–Kier alpha value is -2.89. The van der Waals surface area contributed by atoms with E-state index in [1.54, 1.807) is 23.1 Å². The van der Waals surface area contributed by atoms with Crippen LogP contribution in [0.2, 0.25) is 5.02 Å². The van der Waals surface area contributed by atoms with Gasteiger partial charge in [-0.05, 0) is 60.0 Å². The number of hydrogen-bond acceptors (Lipinski definition) is 3. The van der Waals surface area contributed by atoms with Gasteiger partial charge >= 0.3 is 0 Å². The normalized spacial score (nSPS) is 15.0. The molecule has 30 heavy (non-hydrogen) atoms. The third-order valence-electron chi connectivity index (χ3n) is 4.64. The number of carbonyl (C=O) groups is 1. The summed E-state index contributed by atoms with van der Waals surface area (Å²) in [5, 5.41) is 1.29. The van der Waals surface area contributed by atoms with Crippen molar-refractivity contribution in [1.29, 1.82) is 0 Å². The number of aryl methyl sites for hydroxylation is 1. The fraction of sp³-hybridized carbons (Fsp3) is 0.0833. The first-order chi connectivity index (χ1) is 14.5. The van der Waals surface area contributed by atoms with Crippen molar-refractivity contribution >= 4 is 46.2 Å². The number of para-hydroxylation sites is 1. The standard InChI is InChI=1S/C24H18ClFN2OS/c1-16-4-2-3-5-22(16)28-23(29)21(14-17-8-12-20(26)13-9-17)27-24(28)30-15-18-6-10-19(25)11-7-18/h2-14H,15H2,1H3. The molecule has 0 saturated carbocycles. The van der Waals surface area contributed by atoms with Crippen molar-refractivity contribution in [3.8, 4) is 0 Å². The number of benzene rings is 3. The molecule has 1 aliphatic rings. The number of rotatable bonds is 4. The zero-order valence-corrected chi connectivity index (χ0v) is 17.8. The lowest BCUT2D eigenvalue weighted by Gasteiger charge is -2.19. The number of hydrogen-bond donors (Lipinski definition) is 0. The van der Waals surface area contributed by atoms with Gasteiger partial charge in [0.2, 0.25) is 0 Å². The van der Waals surface area contributed by atoms with E-state index in [2.05, 4.69) is 4.99 Å². The lowest BCUT2D eigenvalue weighted by Crippen LogP contribution is -2.30. The summed E-state index contributed by atoms with van der Waals surface area (Å²) in [4.78, 5) is 19.5. The Balaban J connectivity index is 1.67. The van der Waals surface area contributed by atoms with Crippen LogP contribution in [-0.4, -0.2) is 11.1 Å². The zero-order chi connectivity index (χ0) is 21.1. The number of carbonyl (C=O) groups excluding carboxylic acids is 1. The van der Waals surface area contributed by atoms with Crippen molar-refractivity contribution in [3.05, 3.63) is 106 Å². The fourth-order valence-corrected chi connectivity index (χ4v) is 4.15. The minimum absolute atomic E-state index is 0.202. The van der Waals surface area contributed by atoms with E-state index in [4.69, 9.17) is 11.6 Å². The number of amidine groups is 1. The van der Waals surface area contributed by atoms with Crippen molar-refractivity contribution in [2.75, 3.05) is 4.90 Å². The van der Waals surface area contributed by atoms with Gasteiger partial charge < -0.3 is 0 Å². The second-order valence-electron chi connectivity index (χ2n) is 6.82. The molecule has 3 nitrogen and oxygen atoms in total.